The Labute approximate surface area is 120 Å². The first-order valence-corrected chi connectivity index (χ1v) is 7.79. The second-order valence-electron chi connectivity index (χ2n) is 5.97. The Hall–Kier alpha value is -0.740. The number of ether oxygens (including phenoxy) is 1. The summed E-state index contributed by atoms with van der Waals surface area (Å²) in [6.07, 6.45) is 9.40. The van der Waals surface area contributed by atoms with Crippen LogP contribution in [0.2, 0.25) is 0 Å². The first-order chi connectivity index (χ1) is 9.02. The second-order valence-corrected chi connectivity index (χ2v) is 5.97. The Balaban J connectivity index is 4.25. The minimum absolute atomic E-state index is 0.142. The number of hydrogen-bond donors (Lipinski definition) is 0. The van der Waals surface area contributed by atoms with Gasteiger partial charge in [-0.15, -0.1) is 0 Å². The summed E-state index contributed by atoms with van der Waals surface area (Å²) >= 11 is 0. The van der Waals surface area contributed by atoms with Gasteiger partial charge in [-0.1, -0.05) is 64.9 Å². The van der Waals surface area contributed by atoms with E-state index < -0.39 is 0 Å². The van der Waals surface area contributed by atoms with Crippen LogP contribution in [0.25, 0.3) is 0 Å². The van der Waals surface area contributed by atoms with Crippen molar-refractivity contribution in [1.82, 2.24) is 0 Å². The highest BCUT2D eigenvalue weighted by molar-refractivity contribution is 5.33. The first kappa shape index (κ1) is 18.3. The minimum atomic E-state index is 0.142. The lowest BCUT2D eigenvalue weighted by Gasteiger charge is -2.18. The summed E-state index contributed by atoms with van der Waals surface area (Å²) in [6.45, 7) is 12.5. The van der Waals surface area contributed by atoms with E-state index in [1.54, 1.807) is 0 Å². The second kappa shape index (κ2) is 11.1. The fourth-order valence-electron chi connectivity index (χ4n) is 1.77. The van der Waals surface area contributed by atoms with Crippen LogP contribution in [0.1, 0.15) is 73.1 Å². The lowest BCUT2D eigenvalue weighted by molar-refractivity contribution is 0.152. The SMILES string of the molecule is CCCCCCC#C/C(=C\CCOCC)C(C)(C)C. The summed E-state index contributed by atoms with van der Waals surface area (Å²) in [5, 5.41) is 0. The van der Waals surface area contributed by atoms with Crippen molar-refractivity contribution in [2.45, 2.75) is 73.1 Å². The molecule has 0 aliphatic rings. The molecule has 1 heteroatoms. The molecule has 110 valence electrons. The van der Waals surface area contributed by atoms with Gasteiger partial charge < -0.3 is 4.74 Å². The molecule has 0 saturated heterocycles. The third-order valence-electron chi connectivity index (χ3n) is 3.00. The molecule has 0 spiro atoms. The standard InChI is InChI=1S/C18H32O/c1-6-8-9-10-11-12-14-17(18(3,4)5)15-13-16-19-7-2/h15H,6-11,13,16H2,1-5H3/b17-15+. The van der Waals surface area contributed by atoms with Crippen LogP contribution in [0, 0.1) is 17.3 Å². The number of allylic oxidation sites excluding steroid dienone is 1. The van der Waals surface area contributed by atoms with Crippen molar-refractivity contribution in [3.05, 3.63) is 11.6 Å². The predicted molar refractivity (Wildman–Crippen MR) is 85.2 cm³/mol. The lowest BCUT2D eigenvalue weighted by atomic mass is 9.86. The van der Waals surface area contributed by atoms with Gasteiger partial charge in [-0.2, -0.15) is 0 Å². The van der Waals surface area contributed by atoms with Gasteiger partial charge in [-0.3, -0.25) is 0 Å². The van der Waals surface area contributed by atoms with Crippen LogP contribution in [0.4, 0.5) is 0 Å². The van der Waals surface area contributed by atoms with Gasteiger partial charge in [0.2, 0.25) is 0 Å². The van der Waals surface area contributed by atoms with Gasteiger partial charge >= 0.3 is 0 Å². The lowest BCUT2D eigenvalue weighted by Crippen LogP contribution is -2.08. The summed E-state index contributed by atoms with van der Waals surface area (Å²) in [4.78, 5) is 0. The molecule has 0 aromatic carbocycles. The molecule has 0 fully saturated rings. The van der Waals surface area contributed by atoms with E-state index in [0.717, 1.165) is 26.1 Å². The molecule has 0 heterocycles. The Morgan fingerprint density at radius 1 is 1.11 bits per heavy atom. The van der Waals surface area contributed by atoms with Gasteiger partial charge in [-0.05, 0) is 25.2 Å². The zero-order chi connectivity index (χ0) is 14.6. The molecule has 0 unspecified atom stereocenters. The fraction of sp³-hybridized carbons (Fsp3) is 0.778. The predicted octanol–water partition coefficient (Wildman–Crippen LogP) is 5.36. The third-order valence-corrected chi connectivity index (χ3v) is 3.00. The number of rotatable bonds is 8. The van der Waals surface area contributed by atoms with Gasteiger partial charge in [-0.25, -0.2) is 0 Å². The van der Waals surface area contributed by atoms with Crippen LogP contribution in [-0.2, 0) is 4.74 Å². The van der Waals surface area contributed by atoms with E-state index in [0.29, 0.717) is 0 Å². The minimum Gasteiger partial charge on any atom is -0.381 e. The summed E-state index contributed by atoms with van der Waals surface area (Å²) in [5.74, 6) is 6.70. The largest absolute Gasteiger partial charge is 0.381 e. The average Bonchev–Trinajstić information content (AvgIpc) is 2.34. The first-order valence-electron chi connectivity index (χ1n) is 7.79. The number of hydrogen-bond acceptors (Lipinski definition) is 1. The van der Waals surface area contributed by atoms with E-state index in [1.807, 2.05) is 6.92 Å². The molecule has 0 rings (SSSR count). The Bertz CT molecular complexity index is 296. The maximum absolute atomic E-state index is 5.37. The molecular weight excluding hydrogens is 232 g/mol. The maximum atomic E-state index is 5.37. The van der Waals surface area contributed by atoms with Crippen LogP contribution in [0.15, 0.2) is 11.6 Å². The monoisotopic (exact) mass is 264 g/mol. The molecule has 0 amide bonds. The summed E-state index contributed by atoms with van der Waals surface area (Å²) in [7, 11) is 0. The topological polar surface area (TPSA) is 9.23 Å². The van der Waals surface area contributed by atoms with E-state index in [1.165, 1.54) is 31.3 Å². The highest BCUT2D eigenvalue weighted by Gasteiger charge is 2.14. The van der Waals surface area contributed by atoms with Crippen molar-refractivity contribution in [2.75, 3.05) is 13.2 Å². The van der Waals surface area contributed by atoms with Crippen LogP contribution in [0.5, 0.6) is 0 Å². The molecule has 0 saturated carbocycles. The van der Waals surface area contributed by atoms with E-state index in [2.05, 4.69) is 45.6 Å². The van der Waals surface area contributed by atoms with E-state index >= 15 is 0 Å². The zero-order valence-electron chi connectivity index (χ0n) is 13.6. The molecule has 1 nitrogen and oxygen atoms in total. The highest BCUT2D eigenvalue weighted by atomic mass is 16.5. The maximum Gasteiger partial charge on any atom is 0.0500 e. The Morgan fingerprint density at radius 3 is 2.42 bits per heavy atom. The molecule has 0 N–H and O–H groups in total. The molecule has 0 bridgehead atoms. The van der Waals surface area contributed by atoms with Crippen molar-refractivity contribution >= 4 is 0 Å². The average molecular weight is 264 g/mol. The molecule has 0 atom stereocenters. The molecule has 0 radical (unpaired) electrons. The van der Waals surface area contributed by atoms with Gasteiger partial charge in [0.15, 0.2) is 0 Å². The number of unbranched alkanes of at least 4 members (excludes halogenated alkanes) is 4. The normalized spacial score (nSPS) is 12.2. The summed E-state index contributed by atoms with van der Waals surface area (Å²) in [6, 6.07) is 0. The molecule has 0 aromatic rings. The smallest absolute Gasteiger partial charge is 0.0500 e. The van der Waals surface area contributed by atoms with Crippen molar-refractivity contribution in [2.24, 2.45) is 5.41 Å². The van der Waals surface area contributed by atoms with Crippen molar-refractivity contribution < 1.29 is 4.74 Å². The molecule has 0 aliphatic carbocycles. The highest BCUT2D eigenvalue weighted by Crippen LogP contribution is 2.24. The van der Waals surface area contributed by atoms with E-state index in [9.17, 15) is 0 Å². The van der Waals surface area contributed by atoms with Crippen molar-refractivity contribution in [1.29, 1.82) is 0 Å². The van der Waals surface area contributed by atoms with Crippen molar-refractivity contribution in [3.63, 3.8) is 0 Å². The van der Waals surface area contributed by atoms with E-state index in [4.69, 9.17) is 4.74 Å². The van der Waals surface area contributed by atoms with Crippen LogP contribution in [-0.4, -0.2) is 13.2 Å². The molecular formula is C18H32O. The third kappa shape index (κ3) is 10.8. The quantitative estimate of drug-likeness (QED) is 0.423. The van der Waals surface area contributed by atoms with Crippen molar-refractivity contribution in [3.8, 4) is 11.8 Å². The molecule has 0 aliphatic heterocycles. The van der Waals surface area contributed by atoms with E-state index in [-0.39, 0.29) is 5.41 Å². The fourth-order valence-corrected chi connectivity index (χ4v) is 1.77. The molecule has 19 heavy (non-hydrogen) atoms. The van der Waals surface area contributed by atoms with Crippen LogP contribution < -0.4 is 0 Å². The van der Waals surface area contributed by atoms with Crippen LogP contribution in [0.3, 0.4) is 0 Å². The summed E-state index contributed by atoms with van der Waals surface area (Å²) < 4.78 is 5.37. The van der Waals surface area contributed by atoms with Gasteiger partial charge in [0.25, 0.3) is 0 Å². The summed E-state index contributed by atoms with van der Waals surface area (Å²) in [5.41, 5.74) is 1.39. The van der Waals surface area contributed by atoms with Gasteiger partial charge in [0.05, 0.1) is 6.61 Å². The zero-order valence-corrected chi connectivity index (χ0v) is 13.6. The van der Waals surface area contributed by atoms with Gasteiger partial charge in [0, 0.05) is 18.6 Å². The Morgan fingerprint density at radius 2 is 1.84 bits per heavy atom. The molecule has 0 aromatic heterocycles. The van der Waals surface area contributed by atoms with Crippen LogP contribution >= 0.6 is 0 Å². The van der Waals surface area contributed by atoms with Gasteiger partial charge in [0.1, 0.15) is 0 Å². The Kier molecular flexibility index (Phi) is 10.7.